The Labute approximate surface area is 192 Å². The Bertz CT molecular complexity index is 1400. The van der Waals surface area contributed by atoms with E-state index in [-0.39, 0.29) is 18.2 Å². The molecule has 1 spiro atoms. The second kappa shape index (κ2) is 7.54. The number of aromatic nitrogens is 3. The van der Waals surface area contributed by atoms with Crippen molar-refractivity contribution in [2.45, 2.75) is 19.8 Å². The number of anilines is 1. The highest BCUT2D eigenvalue weighted by Gasteiger charge is 2.41. The third kappa shape index (κ3) is 3.14. The third-order valence-corrected chi connectivity index (χ3v) is 8.10. The van der Waals surface area contributed by atoms with E-state index in [2.05, 4.69) is 16.0 Å². The molecule has 5 heterocycles. The summed E-state index contributed by atoms with van der Waals surface area (Å²) in [6.45, 7) is 5.52. The number of ether oxygens (including phenoxy) is 1. The smallest absolute Gasteiger partial charge is 0.273 e. The molecule has 2 aliphatic heterocycles. The van der Waals surface area contributed by atoms with Crippen LogP contribution in [0.15, 0.2) is 40.6 Å². The van der Waals surface area contributed by atoms with E-state index in [1.807, 2.05) is 30.5 Å². The Morgan fingerprint density at radius 3 is 2.75 bits per heavy atom. The molecular weight excluding hydrogens is 447 g/mol. The highest BCUT2D eigenvalue weighted by Crippen LogP contribution is 2.40. The first-order valence-corrected chi connectivity index (χ1v) is 12.2. The first-order chi connectivity index (χ1) is 15.6. The average Bonchev–Trinajstić information content (AvgIpc) is 3.26. The van der Waals surface area contributed by atoms with Crippen molar-refractivity contribution in [2.75, 3.05) is 31.2 Å². The number of rotatable bonds is 3. The Hall–Kier alpha value is -2.49. The van der Waals surface area contributed by atoms with Crippen molar-refractivity contribution in [2.24, 2.45) is 5.41 Å². The van der Waals surface area contributed by atoms with Crippen LogP contribution in [-0.2, 0) is 4.74 Å². The number of thiophene rings is 1. The van der Waals surface area contributed by atoms with Crippen LogP contribution >= 0.6 is 23.7 Å². The highest BCUT2D eigenvalue weighted by atomic mass is 32.2. The van der Waals surface area contributed by atoms with Gasteiger partial charge in [0.15, 0.2) is 18.2 Å². The van der Waals surface area contributed by atoms with Crippen LogP contribution in [0.5, 0.6) is 0 Å². The molecule has 0 unspecified atom stereocenters. The number of halogens is 1. The maximum Gasteiger partial charge on any atom is 0.273 e. The minimum absolute atomic E-state index is 0.126. The summed E-state index contributed by atoms with van der Waals surface area (Å²) in [6.07, 6.45) is 3.91. The van der Waals surface area contributed by atoms with Gasteiger partial charge in [-0.1, -0.05) is 0 Å². The predicted octanol–water partition coefficient (Wildman–Crippen LogP) is 4.98. The molecule has 2 fully saturated rings. The van der Waals surface area contributed by atoms with Gasteiger partial charge >= 0.3 is 0 Å². The summed E-state index contributed by atoms with van der Waals surface area (Å²) < 4.78 is 21.5. The van der Waals surface area contributed by atoms with Gasteiger partial charge in [0.2, 0.25) is 0 Å². The Morgan fingerprint density at radius 1 is 1.22 bits per heavy atom. The molecule has 0 bridgehead atoms. The topological polar surface area (TPSA) is 60.2 Å². The van der Waals surface area contributed by atoms with E-state index in [1.54, 1.807) is 17.5 Å². The van der Waals surface area contributed by atoms with Crippen molar-refractivity contribution < 1.29 is 8.62 Å². The maximum absolute atomic E-state index is 14.0. The van der Waals surface area contributed by atoms with Gasteiger partial charge in [-0.25, -0.2) is 8.96 Å². The molecule has 2 saturated heterocycles. The zero-order chi connectivity index (χ0) is 21.9. The van der Waals surface area contributed by atoms with E-state index < -0.39 is 5.56 Å². The molecule has 2 aliphatic rings. The molecule has 6 nitrogen and oxygen atoms in total. The zero-order valence-corrected chi connectivity index (χ0v) is 19.1. The summed E-state index contributed by atoms with van der Waals surface area (Å²) in [5, 5.41) is 3.40. The number of hydrogen-bond acceptors (Lipinski definition) is 7. The number of nitrogens with zero attached hydrogens (tertiary/aromatic N) is 4. The Balaban J connectivity index is 1.44. The van der Waals surface area contributed by atoms with Gasteiger partial charge in [-0.3, -0.25) is 9.78 Å². The monoisotopic (exact) mass is 468 g/mol. The second-order valence-corrected chi connectivity index (χ2v) is 10.2. The normalized spacial score (nSPS) is 17.9. The largest absolute Gasteiger partial charge is 0.380 e. The minimum Gasteiger partial charge on any atom is -0.380 e. The quantitative estimate of drug-likeness (QED) is 0.423. The van der Waals surface area contributed by atoms with Crippen LogP contribution in [0, 0.1) is 12.3 Å². The fraction of sp³-hybridized carbons (Fsp3) is 0.348. The van der Waals surface area contributed by atoms with Crippen molar-refractivity contribution in [3.8, 4) is 11.5 Å². The fourth-order valence-electron chi connectivity index (χ4n) is 4.75. The van der Waals surface area contributed by atoms with Crippen molar-refractivity contribution in [3.05, 3.63) is 51.8 Å². The van der Waals surface area contributed by atoms with E-state index in [4.69, 9.17) is 9.72 Å². The summed E-state index contributed by atoms with van der Waals surface area (Å²) in [4.78, 5) is 24.8. The summed E-state index contributed by atoms with van der Waals surface area (Å²) >= 11 is 1.46. The van der Waals surface area contributed by atoms with Gasteiger partial charge in [0.25, 0.3) is 5.56 Å². The molecule has 0 N–H and O–H groups in total. The van der Waals surface area contributed by atoms with Gasteiger partial charge < -0.3 is 9.64 Å². The summed E-state index contributed by atoms with van der Waals surface area (Å²) in [5.41, 5.74) is 2.89. The molecule has 9 heteroatoms. The minimum atomic E-state index is -0.407. The van der Waals surface area contributed by atoms with Gasteiger partial charge in [-0.2, -0.15) is 0 Å². The predicted molar refractivity (Wildman–Crippen MR) is 128 cm³/mol. The Kier molecular flexibility index (Phi) is 4.74. The summed E-state index contributed by atoms with van der Waals surface area (Å²) in [7, 11) is 0. The number of pyridine rings is 1. The molecular formula is C23H21FN4O2S2. The van der Waals surface area contributed by atoms with Gasteiger partial charge in [0.05, 0.1) is 28.8 Å². The van der Waals surface area contributed by atoms with Crippen LogP contribution in [0.4, 0.5) is 9.57 Å². The molecule has 0 saturated carbocycles. The molecule has 1 aromatic carbocycles. The number of benzene rings is 1. The van der Waals surface area contributed by atoms with Crippen molar-refractivity contribution in [1.82, 2.24) is 13.9 Å². The van der Waals surface area contributed by atoms with Gasteiger partial charge in [-0.05, 0) is 60.4 Å². The lowest BCUT2D eigenvalue weighted by Gasteiger charge is -2.47. The first kappa shape index (κ1) is 20.1. The average molecular weight is 469 g/mol. The number of piperidine rings is 1. The second-order valence-electron chi connectivity index (χ2n) is 8.77. The van der Waals surface area contributed by atoms with E-state index in [9.17, 15) is 8.68 Å². The van der Waals surface area contributed by atoms with E-state index in [0.29, 0.717) is 22.0 Å². The Morgan fingerprint density at radius 2 is 2.03 bits per heavy atom. The van der Waals surface area contributed by atoms with Crippen LogP contribution < -0.4 is 10.5 Å². The van der Waals surface area contributed by atoms with Gasteiger partial charge in [0.1, 0.15) is 5.69 Å². The summed E-state index contributed by atoms with van der Waals surface area (Å²) in [6, 6.07) is 7.77. The van der Waals surface area contributed by atoms with Gasteiger partial charge in [-0.15, -0.1) is 15.2 Å². The van der Waals surface area contributed by atoms with Crippen molar-refractivity contribution in [3.63, 3.8) is 0 Å². The SMILES string of the molecule is Cc1cc(N2CCC3(CC2)COC3)cc2c(=O)n(SF)c(-c3cc4ccsc4cn3)nc12. The summed E-state index contributed by atoms with van der Waals surface area (Å²) in [5.74, 6) is 0.226. The molecule has 3 aromatic heterocycles. The van der Waals surface area contributed by atoms with Crippen LogP contribution in [0.2, 0.25) is 0 Å². The number of hydrogen-bond donors (Lipinski definition) is 0. The fourth-order valence-corrected chi connectivity index (χ4v) is 5.84. The van der Waals surface area contributed by atoms with Gasteiger partial charge in [0, 0.05) is 30.4 Å². The van der Waals surface area contributed by atoms with Crippen molar-refractivity contribution >= 4 is 50.3 Å². The van der Waals surface area contributed by atoms with E-state index >= 15 is 0 Å². The third-order valence-electron chi connectivity index (χ3n) is 6.75. The number of fused-ring (bicyclic) bond motifs is 2. The molecule has 0 amide bonds. The van der Waals surface area contributed by atoms with Crippen LogP contribution in [0.3, 0.4) is 0 Å². The lowest BCUT2D eigenvalue weighted by atomic mass is 9.77. The first-order valence-electron chi connectivity index (χ1n) is 10.6. The number of aryl methyl sites for hydroxylation is 1. The maximum atomic E-state index is 14.0. The lowest BCUT2D eigenvalue weighted by Crippen LogP contribution is -2.51. The standard InChI is InChI=1S/C23H21FN4O2S2/c1-14-8-16(27-5-3-23(4-6-27)12-30-13-23)10-17-20(14)26-21(28(32-24)22(17)29)18-9-15-2-7-31-19(15)11-25-18/h2,7-11H,3-6,12-13H2,1H3. The van der Waals surface area contributed by atoms with E-state index in [0.717, 1.165) is 64.5 Å². The molecule has 0 radical (unpaired) electrons. The van der Waals surface area contributed by atoms with Crippen LogP contribution in [0.25, 0.3) is 32.5 Å². The molecule has 164 valence electrons. The van der Waals surface area contributed by atoms with Crippen LogP contribution in [0.1, 0.15) is 18.4 Å². The zero-order valence-electron chi connectivity index (χ0n) is 17.5. The molecule has 0 aliphatic carbocycles. The van der Waals surface area contributed by atoms with Crippen LogP contribution in [-0.4, -0.2) is 40.2 Å². The lowest BCUT2D eigenvalue weighted by molar-refractivity contribution is -0.124. The molecule has 32 heavy (non-hydrogen) atoms. The molecule has 0 atom stereocenters. The van der Waals surface area contributed by atoms with Crippen molar-refractivity contribution in [1.29, 1.82) is 0 Å². The highest BCUT2D eigenvalue weighted by molar-refractivity contribution is 7.92. The molecule has 4 aromatic rings. The molecule has 6 rings (SSSR count). The van der Waals surface area contributed by atoms with E-state index in [1.165, 1.54) is 0 Å².